The van der Waals surface area contributed by atoms with Gasteiger partial charge in [-0.05, 0) is 143 Å². The predicted molar refractivity (Wildman–Crippen MR) is 239 cm³/mol. The lowest BCUT2D eigenvalue weighted by atomic mass is 10.1. The van der Waals surface area contributed by atoms with Crippen LogP contribution in [0.3, 0.4) is 0 Å². The molecule has 7 heteroatoms. The third-order valence-corrected chi connectivity index (χ3v) is 17.0. The lowest BCUT2D eigenvalue weighted by Crippen LogP contribution is -2.58. The van der Waals surface area contributed by atoms with E-state index in [-0.39, 0.29) is 0 Å². The number of ether oxygens (including phenoxy) is 4. The molecule has 4 aromatic carbocycles. The molecule has 0 aliphatic heterocycles. The molecule has 0 aromatic heterocycles. The second kappa shape index (κ2) is 24.2. The Labute approximate surface area is 337 Å². The highest BCUT2D eigenvalue weighted by Crippen LogP contribution is 2.21. The van der Waals surface area contributed by atoms with Crippen molar-refractivity contribution in [3.63, 3.8) is 0 Å². The Morgan fingerprint density at radius 1 is 0.345 bits per heavy atom. The van der Waals surface area contributed by atoms with Crippen molar-refractivity contribution in [3.8, 4) is 23.0 Å². The molecular weight excluding hydrogens is 713 g/mol. The molecule has 0 saturated heterocycles. The summed E-state index contributed by atoms with van der Waals surface area (Å²) in [6, 6.07) is 27.0. The summed E-state index contributed by atoms with van der Waals surface area (Å²) in [5.41, 5.74) is 5.30. The summed E-state index contributed by atoms with van der Waals surface area (Å²) in [7, 11) is -4.86. The Hall–Kier alpha value is -3.53. The molecule has 0 fully saturated rings. The van der Waals surface area contributed by atoms with Crippen LogP contribution in [-0.2, 0) is 29.8 Å². The summed E-state index contributed by atoms with van der Waals surface area (Å²) < 4.78 is 33.8. The predicted octanol–water partition coefficient (Wildman–Crippen LogP) is 9.04. The molecule has 0 spiro atoms. The molecular formula is C48H70O5Si2. The third-order valence-electron chi connectivity index (χ3n) is 10.5. The Balaban J connectivity index is 2.02. The third kappa shape index (κ3) is 12.7. The lowest BCUT2D eigenvalue weighted by molar-refractivity contribution is 0.309. The first-order chi connectivity index (χ1) is 26.9. The van der Waals surface area contributed by atoms with Crippen molar-refractivity contribution < 1.29 is 23.1 Å². The van der Waals surface area contributed by atoms with E-state index in [4.69, 9.17) is 23.1 Å². The fraction of sp³-hybridized carbons (Fsp3) is 0.500. The van der Waals surface area contributed by atoms with Crippen LogP contribution >= 0.6 is 0 Å². The van der Waals surface area contributed by atoms with E-state index < -0.39 is 18.1 Å². The molecule has 5 nitrogen and oxygen atoms in total. The van der Waals surface area contributed by atoms with Crippen LogP contribution in [0.15, 0.2) is 72.8 Å². The SMILES string of the molecule is CCCCOc1ccc(CC)c([SiH](O[SiH](c2cc(OCCCC)ccc2CC)c2cc(OCCCC)ccc2CC)c2cc(OCCCC)ccc2CC)c1. The lowest BCUT2D eigenvalue weighted by Gasteiger charge is -2.30. The molecule has 4 aromatic rings. The summed E-state index contributed by atoms with van der Waals surface area (Å²) in [6.45, 7) is 20.7. The summed E-state index contributed by atoms with van der Waals surface area (Å²) in [5.74, 6) is 3.70. The number of hydrogen-bond acceptors (Lipinski definition) is 5. The van der Waals surface area contributed by atoms with Gasteiger partial charge in [-0.15, -0.1) is 0 Å². The van der Waals surface area contributed by atoms with Crippen molar-refractivity contribution >= 4 is 38.8 Å². The Morgan fingerprint density at radius 2 is 0.582 bits per heavy atom. The average molecular weight is 783 g/mol. The van der Waals surface area contributed by atoms with E-state index in [1.807, 2.05) is 0 Å². The molecule has 0 atom stereocenters. The second-order valence-electron chi connectivity index (χ2n) is 14.6. The zero-order valence-corrected chi connectivity index (χ0v) is 37.7. The number of aryl methyl sites for hydroxylation is 4. The van der Waals surface area contributed by atoms with Gasteiger partial charge in [-0.25, -0.2) is 0 Å². The zero-order chi connectivity index (χ0) is 39.4. The van der Waals surface area contributed by atoms with Gasteiger partial charge in [0.25, 0.3) is 0 Å². The average Bonchev–Trinajstić information content (AvgIpc) is 3.21. The first-order valence-corrected chi connectivity index (χ1v) is 24.9. The highest BCUT2D eigenvalue weighted by molar-refractivity contribution is 6.92. The van der Waals surface area contributed by atoms with Crippen molar-refractivity contribution in [2.75, 3.05) is 26.4 Å². The van der Waals surface area contributed by atoms with E-state index >= 15 is 0 Å². The van der Waals surface area contributed by atoms with Gasteiger partial charge in [-0.1, -0.05) is 105 Å². The quantitative estimate of drug-likeness (QED) is 0.0470. The van der Waals surface area contributed by atoms with Crippen molar-refractivity contribution in [2.24, 2.45) is 0 Å². The van der Waals surface area contributed by atoms with Gasteiger partial charge in [-0.3, -0.25) is 0 Å². The second-order valence-corrected chi connectivity index (χ2v) is 19.7. The topological polar surface area (TPSA) is 46.2 Å². The van der Waals surface area contributed by atoms with E-state index in [0.717, 1.165) is 100 Å². The molecule has 55 heavy (non-hydrogen) atoms. The van der Waals surface area contributed by atoms with Gasteiger partial charge in [0.15, 0.2) is 0 Å². The van der Waals surface area contributed by atoms with Crippen LogP contribution in [0.1, 0.15) is 129 Å². The smallest absolute Gasteiger partial charge is 0.229 e. The number of hydrogen-bond donors (Lipinski definition) is 0. The van der Waals surface area contributed by atoms with E-state index in [1.165, 1.54) is 43.0 Å². The van der Waals surface area contributed by atoms with Gasteiger partial charge < -0.3 is 23.1 Å². The summed E-state index contributed by atoms with van der Waals surface area (Å²) in [5, 5.41) is 5.21. The molecule has 0 saturated carbocycles. The molecule has 0 aliphatic carbocycles. The Bertz CT molecular complexity index is 1480. The van der Waals surface area contributed by atoms with Crippen LogP contribution in [0.25, 0.3) is 0 Å². The van der Waals surface area contributed by atoms with Crippen LogP contribution in [0.2, 0.25) is 0 Å². The van der Waals surface area contributed by atoms with Crippen LogP contribution in [0.5, 0.6) is 23.0 Å². The largest absolute Gasteiger partial charge is 0.494 e. The van der Waals surface area contributed by atoms with Crippen molar-refractivity contribution in [1.82, 2.24) is 0 Å². The van der Waals surface area contributed by atoms with E-state index in [1.54, 1.807) is 0 Å². The van der Waals surface area contributed by atoms with Crippen LogP contribution in [-0.4, -0.2) is 44.5 Å². The first-order valence-electron chi connectivity index (χ1n) is 21.6. The normalized spacial score (nSPS) is 11.4. The van der Waals surface area contributed by atoms with Crippen LogP contribution in [0.4, 0.5) is 0 Å². The van der Waals surface area contributed by atoms with Gasteiger partial charge in [-0.2, -0.15) is 0 Å². The van der Waals surface area contributed by atoms with Crippen molar-refractivity contribution in [3.05, 3.63) is 95.1 Å². The minimum Gasteiger partial charge on any atom is -0.494 e. The van der Waals surface area contributed by atoms with Gasteiger partial charge in [0.1, 0.15) is 23.0 Å². The number of benzene rings is 4. The van der Waals surface area contributed by atoms with Crippen molar-refractivity contribution in [2.45, 2.75) is 132 Å². The molecule has 4 rings (SSSR count). The standard InChI is InChI=1S/C48H70O5Si2/c1-9-17-29-49-41-25-21-37(13-5)45(33-41)54(46-34-42(50-30-18-10-2)26-22-38(46)14-6)53-55(47-35-43(51-31-19-11-3)27-23-39(47)15-7)48-36-44(52-32-20-12-4)28-24-40(48)16-8/h21-28,33-36,54-55H,9-20,29-32H2,1-8H3. The molecule has 0 amide bonds. The van der Waals surface area contributed by atoms with E-state index in [9.17, 15) is 0 Å². The van der Waals surface area contributed by atoms with E-state index in [0.29, 0.717) is 26.4 Å². The van der Waals surface area contributed by atoms with Gasteiger partial charge >= 0.3 is 0 Å². The van der Waals surface area contributed by atoms with Gasteiger partial charge in [0, 0.05) is 0 Å². The Morgan fingerprint density at radius 3 is 0.782 bits per heavy atom. The summed E-state index contributed by atoms with van der Waals surface area (Å²) >= 11 is 0. The zero-order valence-electron chi connectivity index (χ0n) is 35.4. The van der Waals surface area contributed by atoms with Gasteiger partial charge in [0.2, 0.25) is 18.1 Å². The van der Waals surface area contributed by atoms with Crippen LogP contribution in [0, 0.1) is 0 Å². The molecule has 0 unspecified atom stereocenters. The molecule has 0 heterocycles. The highest BCUT2D eigenvalue weighted by atomic mass is 28.4. The van der Waals surface area contributed by atoms with Crippen molar-refractivity contribution in [1.29, 1.82) is 0 Å². The fourth-order valence-corrected chi connectivity index (χ4v) is 14.9. The monoisotopic (exact) mass is 782 g/mol. The molecule has 0 radical (unpaired) electrons. The maximum absolute atomic E-state index is 8.14. The molecule has 0 bridgehead atoms. The minimum atomic E-state index is -2.43. The fourth-order valence-electron chi connectivity index (χ4n) is 7.02. The maximum atomic E-state index is 8.14. The number of rotatable bonds is 26. The van der Waals surface area contributed by atoms with E-state index in [2.05, 4.69) is 128 Å². The summed E-state index contributed by atoms with van der Waals surface area (Å²) in [6.07, 6.45) is 12.2. The highest BCUT2D eigenvalue weighted by Gasteiger charge is 2.33. The Kier molecular flexibility index (Phi) is 19.4. The summed E-state index contributed by atoms with van der Waals surface area (Å²) in [4.78, 5) is 0. The minimum absolute atomic E-state index is 0.711. The maximum Gasteiger partial charge on any atom is 0.229 e. The molecule has 300 valence electrons. The van der Waals surface area contributed by atoms with Crippen LogP contribution < -0.4 is 39.7 Å². The molecule has 0 aliphatic rings. The first kappa shape index (κ1) is 44.2. The number of unbranched alkanes of at least 4 members (excludes halogenated alkanes) is 4. The molecule has 0 N–H and O–H groups in total. The van der Waals surface area contributed by atoms with Gasteiger partial charge in [0.05, 0.1) is 26.4 Å².